The Bertz CT molecular complexity index is 510. The van der Waals surface area contributed by atoms with E-state index in [-0.39, 0.29) is 18.1 Å². The zero-order valence-corrected chi connectivity index (χ0v) is 12.9. The number of carbonyl (C=O) groups excluding carboxylic acids is 1. The van der Waals surface area contributed by atoms with Crippen LogP contribution in [-0.2, 0) is 16.0 Å². The molecule has 0 N–H and O–H groups in total. The van der Waals surface area contributed by atoms with E-state index in [4.69, 9.17) is 4.74 Å². The van der Waals surface area contributed by atoms with Crippen molar-refractivity contribution in [1.29, 1.82) is 0 Å². The quantitative estimate of drug-likeness (QED) is 0.804. The molecule has 0 radical (unpaired) electrons. The largest absolute Gasteiger partial charge is 0.573 e. The van der Waals surface area contributed by atoms with Crippen LogP contribution < -0.4 is 4.74 Å². The number of rotatable bonds is 6. The molecular weight excluding hydrogens is 311 g/mol. The number of benzene rings is 1. The van der Waals surface area contributed by atoms with Crippen LogP contribution in [0.2, 0.25) is 0 Å². The summed E-state index contributed by atoms with van der Waals surface area (Å²) in [5.74, 6) is 0.0366. The molecule has 1 aliphatic heterocycles. The minimum Gasteiger partial charge on any atom is -0.406 e. The lowest BCUT2D eigenvalue weighted by molar-refractivity contribution is -0.274. The van der Waals surface area contributed by atoms with Gasteiger partial charge in [0.15, 0.2) is 0 Å². The van der Waals surface area contributed by atoms with Crippen LogP contribution in [0.1, 0.15) is 18.9 Å². The lowest BCUT2D eigenvalue weighted by Crippen LogP contribution is -2.36. The van der Waals surface area contributed by atoms with Crippen molar-refractivity contribution < 1.29 is 27.4 Å². The Balaban J connectivity index is 1.90. The standard InChI is InChI=1S/C16H20F3NO3/c1-2-20(10-13-7-8-22-11-13)15(21)9-12-3-5-14(6-4-12)23-16(17,18)19/h3-6,13H,2,7-11H2,1H3/t13-/m0/s1. The van der Waals surface area contributed by atoms with Gasteiger partial charge in [0, 0.05) is 25.6 Å². The molecule has 1 aliphatic rings. The van der Waals surface area contributed by atoms with Crippen LogP contribution in [0.5, 0.6) is 5.75 Å². The first-order valence-electron chi connectivity index (χ1n) is 7.57. The van der Waals surface area contributed by atoms with E-state index in [1.165, 1.54) is 24.3 Å². The Morgan fingerprint density at radius 2 is 2.04 bits per heavy atom. The van der Waals surface area contributed by atoms with Gasteiger partial charge in [0.25, 0.3) is 0 Å². The Hall–Kier alpha value is -1.76. The number of carbonyl (C=O) groups is 1. The maximum Gasteiger partial charge on any atom is 0.573 e. The third-order valence-corrected chi connectivity index (χ3v) is 3.75. The maximum atomic E-state index is 12.3. The first-order valence-corrected chi connectivity index (χ1v) is 7.57. The number of ether oxygens (including phenoxy) is 2. The highest BCUT2D eigenvalue weighted by Gasteiger charge is 2.31. The van der Waals surface area contributed by atoms with Gasteiger partial charge in [-0.15, -0.1) is 13.2 Å². The van der Waals surface area contributed by atoms with Crippen molar-refractivity contribution in [3.63, 3.8) is 0 Å². The summed E-state index contributed by atoms with van der Waals surface area (Å²) in [7, 11) is 0. The molecule has 2 rings (SSSR count). The van der Waals surface area contributed by atoms with Gasteiger partial charge in [0.05, 0.1) is 13.0 Å². The van der Waals surface area contributed by atoms with Crippen molar-refractivity contribution in [2.45, 2.75) is 26.1 Å². The number of halogens is 3. The summed E-state index contributed by atoms with van der Waals surface area (Å²) in [6.45, 7) is 4.58. The van der Waals surface area contributed by atoms with Gasteiger partial charge >= 0.3 is 6.36 Å². The summed E-state index contributed by atoms with van der Waals surface area (Å²) < 4.78 is 45.4. The van der Waals surface area contributed by atoms with Gasteiger partial charge in [-0.1, -0.05) is 12.1 Å². The minimum absolute atomic E-state index is 0.0381. The molecule has 1 aromatic carbocycles. The van der Waals surface area contributed by atoms with Gasteiger partial charge < -0.3 is 14.4 Å². The molecule has 7 heteroatoms. The predicted octanol–water partition coefficient (Wildman–Crippen LogP) is 3.01. The maximum absolute atomic E-state index is 12.3. The summed E-state index contributed by atoms with van der Waals surface area (Å²) in [5, 5.41) is 0. The molecule has 0 aliphatic carbocycles. The van der Waals surface area contributed by atoms with E-state index in [0.717, 1.165) is 13.0 Å². The normalized spacial score (nSPS) is 18.0. The second-order valence-electron chi connectivity index (χ2n) is 5.53. The molecule has 1 heterocycles. The predicted molar refractivity (Wildman–Crippen MR) is 78.0 cm³/mol. The molecule has 0 bridgehead atoms. The summed E-state index contributed by atoms with van der Waals surface area (Å²) in [6.07, 6.45) is -3.60. The molecule has 23 heavy (non-hydrogen) atoms. The molecule has 1 aromatic rings. The first kappa shape index (κ1) is 17.6. The van der Waals surface area contributed by atoms with E-state index < -0.39 is 6.36 Å². The molecule has 0 unspecified atom stereocenters. The van der Waals surface area contributed by atoms with Crippen LogP contribution in [0.15, 0.2) is 24.3 Å². The average Bonchev–Trinajstić information content (AvgIpc) is 2.98. The van der Waals surface area contributed by atoms with Crippen LogP contribution in [0.25, 0.3) is 0 Å². The molecule has 1 amide bonds. The van der Waals surface area contributed by atoms with Gasteiger partial charge in [-0.2, -0.15) is 0 Å². The minimum atomic E-state index is -4.71. The molecule has 1 saturated heterocycles. The van der Waals surface area contributed by atoms with Crippen LogP contribution in [0.4, 0.5) is 13.2 Å². The Morgan fingerprint density at radius 3 is 2.57 bits per heavy atom. The fourth-order valence-corrected chi connectivity index (χ4v) is 2.54. The van der Waals surface area contributed by atoms with Crippen LogP contribution in [0, 0.1) is 5.92 Å². The van der Waals surface area contributed by atoms with E-state index in [2.05, 4.69) is 4.74 Å². The number of hydrogen-bond acceptors (Lipinski definition) is 3. The summed E-state index contributed by atoms with van der Waals surface area (Å²) in [6, 6.07) is 5.39. The third-order valence-electron chi connectivity index (χ3n) is 3.75. The molecule has 0 saturated carbocycles. The van der Waals surface area contributed by atoms with Crippen molar-refractivity contribution in [3.05, 3.63) is 29.8 Å². The van der Waals surface area contributed by atoms with Crippen molar-refractivity contribution in [2.75, 3.05) is 26.3 Å². The molecule has 1 atom stereocenters. The number of nitrogens with zero attached hydrogens (tertiary/aromatic N) is 1. The second-order valence-corrected chi connectivity index (χ2v) is 5.53. The average molecular weight is 331 g/mol. The Kier molecular flexibility index (Phi) is 5.87. The smallest absolute Gasteiger partial charge is 0.406 e. The van der Waals surface area contributed by atoms with Crippen LogP contribution in [0.3, 0.4) is 0 Å². The fourth-order valence-electron chi connectivity index (χ4n) is 2.54. The number of amides is 1. The second kappa shape index (κ2) is 7.68. The van der Waals surface area contributed by atoms with E-state index >= 15 is 0 Å². The van der Waals surface area contributed by atoms with E-state index in [0.29, 0.717) is 31.2 Å². The van der Waals surface area contributed by atoms with Gasteiger partial charge in [-0.05, 0) is 31.0 Å². The molecule has 128 valence electrons. The number of alkyl halides is 3. The van der Waals surface area contributed by atoms with Gasteiger partial charge in [0.2, 0.25) is 5.91 Å². The SMILES string of the molecule is CCN(C[C@@H]1CCOC1)C(=O)Cc1ccc(OC(F)(F)F)cc1. The zero-order valence-electron chi connectivity index (χ0n) is 12.9. The van der Waals surface area contributed by atoms with Crippen molar-refractivity contribution in [3.8, 4) is 5.75 Å². The first-order chi connectivity index (χ1) is 10.9. The monoisotopic (exact) mass is 331 g/mol. The van der Waals surface area contributed by atoms with Crippen molar-refractivity contribution in [1.82, 2.24) is 4.90 Å². The van der Waals surface area contributed by atoms with E-state index in [1.54, 1.807) is 4.90 Å². The molecule has 0 aromatic heterocycles. The summed E-state index contributed by atoms with van der Waals surface area (Å²) in [4.78, 5) is 14.1. The van der Waals surface area contributed by atoms with Gasteiger partial charge in [-0.3, -0.25) is 4.79 Å². The van der Waals surface area contributed by atoms with E-state index in [9.17, 15) is 18.0 Å². The molecule has 0 spiro atoms. The van der Waals surface area contributed by atoms with Gasteiger partial charge in [0.1, 0.15) is 5.75 Å². The lowest BCUT2D eigenvalue weighted by Gasteiger charge is -2.24. The van der Waals surface area contributed by atoms with Crippen LogP contribution in [-0.4, -0.2) is 43.5 Å². The molecule has 4 nitrogen and oxygen atoms in total. The topological polar surface area (TPSA) is 38.8 Å². The number of likely N-dealkylation sites (N-methyl/N-ethyl adjacent to an activating group) is 1. The Labute approximate surface area is 133 Å². The highest BCUT2D eigenvalue weighted by molar-refractivity contribution is 5.78. The van der Waals surface area contributed by atoms with E-state index in [1.807, 2.05) is 6.92 Å². The Morgan fingerprint density at radius 1 is 1.35 bits per heavy atom. The molecule has 1 fully saturated rings. The highest BCUT2D eigenvalue weighted by Crippen LogP contribution is 2.23. The molecular formula is C16H20F3NO3. The number of hydrogen-bond donors (Lipinski definition) is 0. The van der Waals surface area contributed by atoms with Crippen LogP contribution >= 0.6 is 0 Å². The zero-order chi connectivity index (χ0) is 16.9. The lowest BCUT2D eigenvalue weighted by atomic mass is 10.1. The summed E-state index contributed by atoms with van der Waals surface area (Å²) in [5.41, 5.74) is 0.658. The highest BCUT2D eigenvalue weighted by atomic mass is 19.4. The third kappa shape index (κ3) is 5.74. The van der Waals surface area contributed by atoms with Crippen molar-refractivity contribution in [2.24, 2.45) is 5.92 Å². The van der Waals surface area contributed by atoms with Gasteiger partial charge in [-0.25, -0.2) is 0 Å². The van der Waals surface area contributed by atoms with Crippen molar-refractivity contribution >= 4 is 5.91 Å². The summed E-state index contributed by atoms with van der Waals surface area (Å²) >= 11 is 0. The fraction of sp³-hybridized carbons (Fsp3) is 0.562.